The largest absolute Gasteiger partial charge is 0.459 e. The summed E-state index contributed by atoms with van der Waals surface area (Å²) in [6.45, 7) is 1.73. The second-order valence-corrected chi connectivity index (χ2v) is 12.2. The maximum atomic E-state index is 13.6. The van der Waals surface area contributed by atoms with Crippen molar-refractivity contribution >= 4 is 62.6 Å². The molecule has 5 aromatic rings. The molecular formula is C28H22Cl3N5O4S. The van der Waals surface area contributed by atoms with E-state index in [1.807, 2.05) is 0 Å². The van der Waals surface area contributed by atoms with E-state index in [-0.39, 0.29) is 18.0 Å². The number of nitrogens with zero attached hydrogens (tertiary/aromatic N) is 4. The van der Waals surface area contributed by atoms with Crippen molar-refractivity contribution in [3.05, 3.63) is 123 Å². The van der Waals surface area contributed by atoms with Crippen molar-refractivity contribution in [2.45, 2.75) is 24.9 Å². The van der Waals surface area contributed by atoms with Gasteiger partial charge in [-0.05, 0) is 73.2 Å². The quantitative estimate of drug-likeness (QED) is 0.151. The Kier molecular flexibility index (Phi) is 8.48. The summed E-state index contributed by atoms with van der Waals surface area (Å²) in [5.41, 5.74) is 4.59. The Bertz CT molecular complexity index is 1850. The SMILES string of the molecule is Cc1nc2ccc(Cl)cn2c1C(=O)N/N=C/c1ccc(CN(Cc2ccc(Cl)cc2)S(=O)(=O)c2ccc(Cl)cc2)o1. The molecular weight excluding hydrogens is 609 g/mol. The molecule has 0 atom stereocenters. The van der Waals surface area contributed by atoms with Crippen molar-refractivity contribution in [2.24, 2.45) is 5.10 Å². The molecule has 0 fully saturated rings. The number of fused-ring (bicyclic) bond motifs is 1. The van der Waals surface area contributed by atoms with Gasteiger partial charge in [-0.25, -0.2) is 18.8 Å². The fourth-order valence-electron chi connectivity index (χ4n) is 4.12. The molecule has 0 aliphatic carbocycles. The number of furan rings is 1. The Balaban J connectivity index is 1.33. The first-order valence-electron chi connectivity index (χ1n) is 12.2. The number of aryl methyl sites for hydroxylation is 1. The summed E-state index contributed by atoms with van der Waals surface area (Å²) >= 11 is 18.0. The highest BCUT2D eigenvalue weighted by molar-refractivity contribution is 7.89. The van der Waals surface area contributed by atoms with Crippen LogP contribution in [-0.2, 0) is 23.1 Å². The van der Waals surface area contributed by atoms with Crippen LogP contribution in [0.4, 0.5) is 0 Å². The predicted molar refractivity (Wildman–Crippen MR) is 158 cm³/mol. The van der Waals surface area contributed by atoms with Gasteiger partial charge in [0, 0.05) is 22.8 Å². The van der Waals surface area contributed by atoms with Gasteiger partial charge in [0.1, 0.15) is 22.9 Å². The number of benzene rings is 2. The van der Waals surface area contributed by atoms with Gasteiger partial charge in [0.05, 0.1) is 28.4 Å². The van der Waals surface area contributed by atoms with Crippen LogP contribution in [0.1, 0.15) is 33.3 Å². The smallest absolute Gasteiger partial charge is 0.290 e. The first kappa shape index (κ1) is 28.8. The molecule has 9 nitrogen and oxygen atoms in total. The molecule has 1 amide bonds. The number of hydrogen-bond donors (Lipinski definition) is 1. The molecule has 0 spiro atoms. The Morgan fingerprint density at radius 1 is 0.951 bits per heavy atom. The molecule has 3 heterocycles. The molecule has 210 valence electrons. The van der Waals surface area contributed by atoms with Gasteiger partial charge in [-0.3, -0.25) is 9.20 Å². The van der Waals surface area contributed by atoms with Gasteiger partial charge in [0.2, 0.25) is 10.0 Å². The molecule has 0 radical (unpaired) electrons. The topological polar surface area (TPSA) is 109 Å². The van der Waals surface area contributed by atoms with Gasteiger partial charge >= 0.3 is 0 Å². The van der Waals surface area contributed by atoms with Crippen LogP contribution in [0.25, 0.3) is 5.65 Å². The molecule has 0 saturated heterocycles. The number of carbonyl (C=O) groups is 1. The van der Waals surface area contributed by atoms with E-state index in [0.717, 1.165) is 5.56 Å². The van der Waals surface area contributed by atoms with Crippen molar-refractivity contribution in [1.29, 1.82) is 0 Å². The van der Waals surface area contributed by atoms with Crippen LogP contribution in [0.5, 0.6) is 0 Å². The number of imidazole rings is 1. The van der Waals surface area contributed by atoms with Crippen LogP contribution in [0.2, 0.25) is 15.1 Å². The molecule has 0 aliphatic heterocycles. The third-order valence-electron chi connectivity index (χ3n) is 6.07. The minimum absolute atomic E-state index is 0.0600. The molecule has 2 aromatic carbocycles. The number of hydrazone groups is 1. The van der Waals surface area contributed by atoms with Crippen LogP contribution in [-0.4, -0.2) is 34.2 Å². The molecule has 0 saturated carbocycles. The maximum absolute atomic E-state index is 13.6. The van der Waals surface area contributed by atoms with E-state index < -0.39 is 15.9 Å². The number of amides is 1. The van der Waals surface area contributed by atoms with E-state index in [9.17, 15) is 13.2 Å². The molecule has 41 heavy (non-hydrogen) atoms. The third kappa shape index (κ3) is 6.64. The zero-order valence-corrected chi connectivity index (χ0v) is 24.5. The summed E-state index contributed by atoms with van der Waals surface area (Å²) < 4.78 is 35.8. The van der Waals surface area contributed by atoms with Crippen LogP contribution in [0.3, 0.4) is 0 Å². The molecule has 1 N–H and O–H groups in total. The highest BCUT2D eigenvalue weighted by atomic mass is 35.5. The number of hydrogen-bond acceptors (Lipinski definition) is 6. The van der Waals surface area contributed by atoms with E-state index in [1.54, 1.807) is 66.1 Å². The molecule has 0 unspecified atom stereocenters. The number of carbonyl (C=O) groups excluding carboxylic acids is 1. The second kappa shape index (κ2) is 12.1. The fourth-order valence-corrected chi connectivity index (χ4v) is 5.92. The number of aromatic nitrogens is 2. The summed E-state index contributed by atoms with van der Waals surface area (Å²) in [5, 5.41) is 5.42. The number of nitrogens with one attached hydrogen (secondary N) is 1. The van der Waals surface area contributed by atoms with E-state index in [4.69, 9.17) is 39.2 Å². The summed E-state index contributed by atoms with van der Waals surface area (Å²) in [6.07, 6.45) is 2.92. The van der Waals surface area contributed by atoms with Gasteiger partial charge in [-0.15, -0.1) is 0 Å². The van der Waals surface area contributed by atoms with Crippen molar-refractivity contribution in [1.82, 2.24) is 19.1 Å². The molecule has 13 heteroatoms. The first-order chi connectivity index (χ1) is 19.6. The Morgan fingerprint density at radius 2 is 1.61 bits per heavy atom. The lowest BCUT2D eigenvalue weighted by atomic mass is 10.2. The van der Waals surface area contributed by atoms with Crippen molar-refractivity contribution in [3.8, 4) is 0 Å². The number of halogens is 3. The first-order valence-corrected chi connectivity index (χ1v) is 14.7. The van der Waals surface area contributed by atoms with E-state index >= 15 is 0 Å². The zero-order valence-electron chi connectivity index (χ0n) is 21.5. The maximum Gasteiger partial charge on any atom is 0.290 e. The Hall–Kier alpha value is -3.67. The predicted octanol–water partition coefficient (Wildman–Crippen LogP) is 6.35. The third-order valence-corrected chi connectivity index (χ3v) is 8.60. The average molecular weight is 631 g/mol. The summed E-state index contributed by atoms with van der Waals surface area (Å²) in [4.78, 5) is 17.3. The van der Waals surface area contributed by atoms with Gasteiger partial charge in [0.25, 0.3) is 5.91 Å². The lowest BCUT2D eigenvalue weighted by molar-refractivity contribution is 0.0948. The highest BCUT2D eigenvalue weighted by Gasteiger charge is 2.26. The van der Waals surface area contributed by atoms with E-state index in [2.05, 4.69) is 15.5 Å². The van der Waals surface area contributed by atoms with Crippen LogP contribution in [0, 0.1) is 6.92 Å². The second-order valence-electron chi connectivity index (χ2n) is 8.98. The molecule has 0 bridgehead atoms. The van der Waals surface area contributed by atoms with Gasteiger partial charge < -0.3 is 4.42 Å². The van der Waals surface area contributed by atoms with E-state index in [0.29, 0.717) is 43.6 Å². The lowest BCUT2D eigenvalue weighted by Crippen LogP contribution is -2.30. The van der Waals surface area contributed by atoms with Crippen molar-refractivity contribution in [2.75, 3.05) is 0 Å². The minimum atomic E-state index is -3.92. The monoisotopic (exact) mass is 629 g/mol. The molecule has 5 rings (SSSR count). The normalized spacial score (nSPS) is 12.0. The number of sulfonamides is 1. The Labute approximate surface area is 251 Å². The average Bonchev–Trinajstić information content (AvgIpc) is 3.52. The van der Waals surface area contributed by atoms with Gasteiger partial charge in [-0.1, -0.05) is 46.9 Å². The van der Waals surface area contributed by atoms with Crippen molar-refractivity contribution in [3.63, 3.8) is 0 Å². The fraction of sp³-hybridized carbons (Fsp3) is 0.107. The van der Waals surface area contributed by atoms with E-state index in [1.165, 1.54) is 34.8 Å². The number of pyridine rings is 1. The Morgan fingerprint density at radius 3 is 2.32 bits per heavy atom. The lowest BCUT2D eigenvalue weighted by Gasteiger charge is -2.21. The molecule has 0 aliphatic rings. The summed E-state index contributed by atoms with van der Waals surface area (Å²) in [5.74, 6) is 0.202. The number of rotatable bonds is 9. The molecule has 3 aromatic heterocycles. The highest BCUT2D eigenvalue weighted by Crippen LogP contribution is 2.24. The minimum Gasteiger partial charge on any atom is -0.459 e. The van der Waals surface area contributed by atoms with Crippen LogP contribution in [0.15, 0.2) is 93.4 Å². The summed E-state index contributed by atoms with van der Waals surface area (Å²) in [7, 11) is -3.92. The van der Waals surface area contributed by atoms with Gasteiger partial charge in [-0.2, -0.15) is 9.41 Å². The van der Waals surface area contributed by atoms with Crippen LogP contribution < -0.4 is 5.43 Å². The van der Waals surface area contributed by atoms with Gasteiger partial charge in [0.15, 0.2) is 0 Å². The zero-order chi connectivity index (χ0) is 29.1. The standard InChI is InChI=1S/C28H22Cl3N5O4S/c1-18-27(36-16-22(31)8-13-26(36)33-18)28(37)34-32-14-23-9-10-24(40-23)17-35(15-19-2-4-20(29)5-3-19)41(38,39)25-11-6-21(30)7-12-25/h2-14,16H,15,17H2,1H3,(H,34,37)/b32-14+. The van der Waals surface area contributed by atoms with Crippen molar-refractivity contribution < 1.29 is 17.6 Å². The summed E-state index contributed by atoms with van der Waals surface area (Å²) in [6, 6.07) is 19.5. The van der Waals surface area contributed by atoms with Crippen LogP contribution >= 0.6 is 34.8 Å².